The monoisotopic (exact) mass is 670 g/mol. The van der Waals surface area contributed by atoms with E-state index in [-0.39, 0.29) is 53.9 Å². The van der Waals surface area contributed by atoms with Crippen LogP contribution in [0.15, 0.2) is 119 Å². The lowest BCUT2D eigenvalue weighted by Gasteiger charge is -2.20. The van der Waals surface area contributed by atoms with E-state index in [0.29, 0.717) is 34.6 Å². The van der Waals surface area contributed by atoms with Crippen LogP contribution >= 0.6 is 0 Å². The van der Waals surface area contributed by atoms with Gasteiger partial charge in [-0.2, -0.15) is 0 Å². The number of benzene rings is 3. The van der Waals surface area contributed by atoms with Gasteiger partial charge in [0.15, 0.2) is 0 Å². The highest BCUT2D eigenvalue weighted by molar-refractivity contribution is 6.24. The second-order valence-corrected chi connectivity index (χ2v) is 12.1. The fraction of sp³-hybridized carbons (Fsp3) is 0.238. The molecule has 8 nitrogen and oxygen atoms in total. The maximum Gasteiger partial charge on any atom is 0.341 e. The molecule has 0 aromatic heterocycles. The molecule has 2 heterocycles. The standard InChI is InChI=1S/C42H42N2O6/c1-6-9-24-43-37(31-16-12-10-13-17-31)35(41(47)49-7-2)33(39(43)45)25-29-20-22-30(23-21-29)26-34-36(42(48)50-8-3)38(32-18-14-11-15-19-32)44(40(34)46)27-28(4)5/h10-23,25-26H,4,6-9,24,27H2,1-3,5H3. The summed E-state index contributed by atoms with van der Waals surface area (Å²) in [5, 5.41) is 0. The van der Waals surface area contributed by atoms with Crippen LogP contribution in [0, 0.1) is 0 Å². The highest BCUT2D eigenvalue weighted by Crippen LogP contribution is 2.40. The second kappa shape index (κ2) is 16.1. The van der Waals surface area contributed by atoms with Gasteiger partial charge in [0.1, 0.15) is 0 Å². The Morgan fingerprint density at radius 1 is 0.660 bits per heavy atom. The summed E-state index contributed by atoms with van der Waals surface area (Å²) in [5.41, 5.74) is 5.48. The molecular weight excluding hydrogens is 628 g/mol. The molecule has 0 saturated heterocycles. The largest absolute Gasteiger partial charge is 0.462 e. The molecule has 5 rings (SSSR count). The van der Waals surface area contributed by atoms with Crippen molar-refractivity contribution in [3.05, 3.63) is 142 Å². The van der Waals surface area contributed by atoms with Gasteiger partial charge >= 0.3 is 11.9 Å². The van der Waals surface area contributed by atoms with Gasteiger partial charge in [0.25, 0.3) is 11.8 Å². The summed E-state index contributed by atoms with van der Waals surface area (Å²) in [6.45, 7) is 12.4. The summed E-state index contributed by atoms with van der Waals surface area (Å²) >= 11 is 0. The Labute approximate surface area is 293 Å². The lowest BCUT2D eigenvalue weighted by Crippen LogP contribution is -2.27. The van der Waals surface area contributed by atoms with Crippen molar-refractivity contribution in [1.82, 2.24) is 9.80 Å². The van der Waals surface area contributed by atoms with E-state index in [2.05, 4.69) is 13.5 Å². The second-order valence-electron chi connectivity index (χ2n) is 12.1. The number of carbonyl (C=O) groups is 4. The third-order valence-electron chi connectivity index (χ3n) is 8.28. The summed E-state index contributed by atoms with van der Waals surface area (Å²) in [4.78, 5) is 58.0. The lowest BCUT2D eigenvalue weighted by atomic mass is 9.99. The van der Waals surface area contributed by atoms with Gasteiger partial charge in [0.05, 0.1) is 46.9 Å². The molecule has 3 aromatic carbocycles. The van der Waals surface area contributed by atoms with Crippen LogP contribution in [-0.4, -0.2) is 59.9 Å². The fourth-order valence-corrected chi connectivity index (χ4v) is 6.08. The van der Waals surface area contributed by atoms with Gasteiger partial charge in [-0.15, -0.1) is 0 Å². The van der Waals surface area contributed by atoms with E-state index in [0.717, 1.165) is 24.0 Å². The van der Waals surface area contributed by atoms with Crippen LogP contribution in [0.25, 0.3) is 23.5 Å². The van der Waals surface area contributed by atoms with Crippen LogP contribution in [0.4, 0.5) is 0 Å². The van der Waals surface area contributed by atoms with E-state index in [1.165, 1.54) is 0 Å². The lowest BCUT2D eigenvalue weighted by molar-refractivity contribution is -0.139. The number of rotatable bonds is 13. The number of amides is 2. The zero-order valence-electron chi connectivity index (χ0n) is 29.0. The zero-order valence-corrected chi connectivity index (χ0v) is 29.0. The molecule has 0 saturated carbocycles. The van der Waals surface area contributed by atoms with Crippen LogP contribution in [0.2, 0.25) is 0 Å². The Kier molecular flexibility index (Phi) is 11.4. The fourth-order valence-electron chi connectivity index (χ4n) is 6.08. The first-order valence-electron chi connectivity index (χ1n) is 17.0. The Morgan fingerprint density at radius 2 is 1.08 bits per heavy atom. The average Bonchev–Trinajstić information content (AvgIpc) is 3.54. The first kappa shape index (κ1) is 35.5. The molecule has 50 heavy (non-hydrogen) atoms. The maximum absolute atomic E-state index is 14.0. The summed E-state index contributed by atoms with van der Waals surface area (Å²) in [6, 6.07) is 25.9. The van der Waals surface area contributed by atoms with Crippen molar-refractivity contribution in [2.75, 3.05) is 26.3 Å². The molecule has 256 valence electrons. The van der Waals surface area contributed by atoms with Gasteiger partial charge in [-0.25, -0.2) is 9.59 Å². The number of hydrogen-bond acceptors (Lipinski definition) is 6. The van der Waals surface area contributed by atoms with E-state index in [1.54, 1.807) is 47.9 Å². The van der Waals surface area contributed by atoms with Gasteiger partial charge in [-0.05, 0) is 61.6 Å². The Morgan fingerprint density at radius 3 is 1.48 bits per heavy atom. The topological polar surface area (TPSA) is 93.2 Å². The molecule has 0 N–H and O–H groups in total. The molecule has 2 amide bonds. The van der Waals surface area contributed by atoms with Crippen molar-refractivity contribution in [2.24, 2.45) is 0 Å². The van der Waals surface area contributed by atoms with Crippen LogP contribution in [-0.2, 0) is 28.7 Å². The van der Waals surface area contributed by atoms with Crippen LogP contribution in [0.3, 0.4) is 0 Å². The van der Waals surface area contributed by atoms with E-state index in [1.807, 2.05) is 79.7 Å². The molecule has 0 fully saturated rings. The minimum atomic E-state index is -0.587. The summed E-state index contributed by atoms with van der Waals surface area (Å²) in [5.74, 6) is -1.74. The molecule has 0 atom stereocenters. The van der Waals surface area contributed by atoms with Crippen molar-refractivity contribution >= 4 is 47.3 Å². The molecule has 8 heteroatoms. The predicted molar refractivity (Wildman–Crippen MR) is 196 cm³/mol. The predicted octanol–water partition coefficient (Wildman–Crippen LogP) is 7.46. The first-order valence-corrected chi connectivity index (χ1v) is 17.0. The average molecular weight is 671 g/mol. The van der Waals surface area contributed by atoms with Crippen LogP contribution < -0.4 is 0 Å². The van der Waals surface area contributed by atoms with E-state index >= 15 is 0 Å². The van der Waals surface area contributed by atoms with Crippen LogP contribution in [0.5, 0.6) is 0 Å². The van der Waals surface area contributed by atoms with Gasteiger partial charge in [0, 0.05) is 13.1 Å². The third-order valence-corrected chi connectivity index (χ3v) is 8.28. The minimum absolute atomic E-state index is 0.151. The Balaban J connectivity index is 1.59. The van der Waals surface area contributed by atoms with E-state index in [9.17, 15) is 19.2 Å². The summed E-state index contributed by atoms with van der Waals surface area (Å²) in [6.07, 6.45) is 5.03. The normalized spacial score (nSPS) is 16.2. The van der Waals surface area contributed by atoms with E-state index in [4.69, 9.17) is 9.47 Å². The van der Waals surface area contributed by atoms with Crippen LogP contribution in [0.1, 0.15) is 62.8 Å². The number of nitrogens with zero attached hydrogens (tertiary/aromatic N) is 2. The molecule has 0 unspecified atom stereocenters. The minimum Gasteiger partial charge on any atom is -0.462 e. The van der Waals surface area contributed by atoms with Gasteiger partial charge in [-0.3, -0.25) is 9.59 Å². The summed E-state index contributed by atoms with van der Waals surface area (Å²) in [7, 11) is 0. The van der Waals surface area contributed by atoms with Crippen molar-refractivity contribution in [1.29, 1.82) is 0 Å². The number of unbranched alkanes of at least 4 members (excludes halogenated alkanes) is 1. The molecular formula is C42H42N2O6. The van der Waals surface area contributed by atoms with Crippen molar-refractivity contribution in [2.45, 2.75) is 40.5 Å². The van der Waals surface area contributed by atoms with E-state index < -0.39 is 11.9 Å². The molecule has 0 spiro atoms. The first-order chi connectivity index (χ1) is 24.2. The molecule has 2 aliphatic rings. The SMILES string of the molecule is C=C(C)CN1C(=O)C(=Cc2ccc(C=C3C(=O)N(CCCC)C(c4ccccc4)=C3C(=O)OCC)cc2)C(C(=O)OCC)=C1c1ccccc1. The van der Waals surface area contributed by atoms with Crippen molar-refractivity contribution in [3.63, 3.8) is 0 Å². The Hall–Kier alpha value is -5.76. The number of hydrogen-bond donors (Lipinski definition) is 0. The van der Waals surface area contributed by atoms with Gasteiger partial charge in [-0.1, -0.05) is 110 Å². The van der Waals surface area contributed by atoms with Crippen molar-refractivity contribution in [3.8, 4) is 0 Å². The highest BCUT2D eigenvalue weighted by atomic mass is 16.5. The van der Waals surface area contributed by atoms with Gasteiger partial charge < -0.3 is 19.3 Å². The maximum atomic E-state index is 14.0. The third kappa shape index (κ3) is 7.44. The highest BCUT2D eigenvalue weighted by Gasteiger charge is 2.41. The smallest absolute Gasteiger partial charge is 0.341 e. The van der Waals surface area contributed by atoms with Gasteiger partial charge in [0.2, 0.25) is 0 Å². The molecule has 3 aromatic rings. The number of ether oxygens (including phenoxy) is 2. The molecule has 2 aliphatic heterocycles. The van der Waals surface area contributed by atoms with Crippen molar-refractivity contribution < 1.29 is 28.7 Å². The molecule has 0 bridgehead atoms. The number of carbonyl (C=O) groups excluding carboxylic acids is 4. The Bertz CT molecular complexity index is 1920. The molecule has 0 aliphatic carbocycles. The summed E-state index contributed by atoms with van der Waals surface area (Å²) < 4.78 is 10.9. The molecule has 0 radical (unpaired) electrons. The quantitative estimate of drug-likeness (QED) is 0.107. The zero-order chi connectivity index (χ0) is 35.8. The number of esters is 2.